The number of rotatable bonds is 1. The molecule has 1 aromatic heterocycles. The summed E-state index contributed by atoms with van der Waals surface area (Å²) in [4.78, 5) is 0. The van der Waals surface area contributed by atoms with Gasteiger partial charge in [-0.15, -0.1) is 11.8 Å². The third-order valence-electron chi connectivity index (χ3n) is 2.77. The fourth-order valence-corrected chi connectivity index (χ4v) is 2.44. The summed E-state index contributed by atoms with van der Waals surface area (Å²) < 4.78 is 5.67. The van der Waals surface area contributed by atoms with Gasteiger partial charge in [-0.25, -0.2) is 0 Å². The number of aromatic nitrogens is 1. The summed E-state index contributed by atoms with van der Waals surface area (Å²) in [5.74, 6) is 2.29. The molecule has 3 nitrogen and oxygen atoms in total. The van der Waals surface area contributed by atoms with Gasteiger partial charge in [0.15, 0.2) is 5.76 Å². The summed E-state index contributed by atoms with van der Waals surface area (Å²) in [7, 11) is 0. The standard InChI is InChI=1S/C9H12N2OS/c1-9(5-13-9)8-6-4-10-3-2-7(6)11-12-8/h10H,2-5H2,1H3. The van der Waals surface area contributed by atoms with Crippen molar-refractivity contribution in [2.24, 2.45) is 0 Å². The topological polar surface area (TPSA) is 38.1 Å². The smallest absolute Gasteiger partial charge is 0.158 e. The van der Waals surface area contributed by atoms with Crippen molar-refractivity contribution in [2.75, 3.05) is 12.3 Å². The molecule has 0 aromatic carbocycles. The van der Waals surface area contributed by atoms with Crippen molar-refractivity contribution in [2.45, 2.75) is 24.6 Å². The van der Waals surface area contributed by atoms with E-state index in [2.05, 4.69) is 17.4 Å². The van der Waals surface area contributed by atoms with Crippen molar-refractivity contribution in [1.82, 2.24) is 10.5 Å². The Morgan fingerprint density at radius 1 is 1.62 bits per heavy atom. The average molecular weight is 196 g/mol. The van der Waals surface area contributed by atoms with Crippen LogP contribution in [0.5, 0.6) is 0 Å². The van der Waals surface area contributed by atoms with Crippen LogP contribution in [-0.4, -0.2) is 17.5 Å². The number of fused-ring (bicyclic) bond motifs is 1. The minimum absolute atomic E-state index is 0.236. The molecule has 3 rings (SSSR count). The van der Waals surface area contributed by atoms with Gasteiger partial charge in [-0.1, -0.05) is 5.16 Å². The first-order chi connectivity index (χ1) is 6.30. The van der Waals surface area contributed by atoms with E-state index >= 15 is 0 Å². The molecule has 0 bridgehead atoms. The zero-order valence-corrected chi connectivity index (χ0v) is 8.41. The highest BCUT2D eigenvalue weighted by molar-refractivity contribution is 8.07. The molecule has 0 saturated carbocycles. The summed E-state index contributed by atoms with van der Waals surface area (Å²) in [5, 5.41) is 7.49. The molecule has 1 aromatic rings. The van der Waals surface area contributed by atoms with Crippen LogP contribution in [0.15, 0.2) is 4.52 Å². The van der Waals surface area contributed by atoms with Crippen molar-refractivity contribution in [3.8, 4) is 0 Å². The molecule has 3 heterocycles. The summed E-state index contributed by atoms with van der Waals surface area (Å²) in [5.41, 5.74) is 2.49. The van der Waals surface area contributed by atoms with E-state index in [9.17, 15) is 0 Å². The summed E-state index contributed by atoms with van der Waals surface area (Å²) >= 11 is 1.94. The van der Waals surface area contributed by atoms with Crippen molar-refractivity contribution in [3.05, 3.63) is 17.0 Å². The molecule has 2 aliphatic rings. The Kier molecular flexibility index (Phi) is 1.52. The van der Waals surface area contributed by atoms with Gasteiger partial charge in [0.2, 0.25) is 0 Å². The number of hydrogen-bond acceptors (Lipinski definition) is 4. The van der Waals surface area contributed by atoms with Gasteiger partial charge < -0.3 is 9.84 Å². The first kappa shape index (κ1) is 7.88. The van der Waals surface area contributed by atoms with Gasteiger partial charge in [0.25, 0.3) is 0 Å². The molecule has 4 heteroatoms. The van der Waals surface area contributed by atoms with Crippen LogP contribution < -0.4 is 5.32 Å². The number of nitrogens with one attached hydrogen (secondary N) is 1. The predicted molar refractivity (Wildman–Crippen MR) is 51.7 cm³/mol. The zero-order valence-electron chi connectivity index (χ0n) is 7.59. The molecule has 13 heavy (non-hydrogen) atoms. The highest BCUT2D eigenvalue weighted by Gasteiger charge is 2.46. The second-order valence-corrected chi connectivity index (χ2v) is 5.36. The van der Waals surface area contributed by atoms with Gasteiger partial charge in [0.05, 0.1) is 10.4 Å². The van der Waals surface area contributed by atoms with Crippen LogP contribution >= 0.6 is 11.8 Å². The van der Waals surface area contributed by atoms with Crippen LogP contribution in [0.3, 0.4) is 0 Å². The molecule has 0 radical (unpaired) electrons. The SMILES string of the molecule is CC1(c2onc3c2CNCC3)CS1. The Morgan fingerprint density at radius 3 is 3.23 bits per heavy atom. The Hall–Kier alpha value is -0.480. The molecule has 0 spiro atoms. The lowest BCUT2D eigenvalue weighted by molar-refractivity contribution is 0.365. The molecule has 0 aliphatic carbocycles. The van der Waals surface area contributed by atoms with Crippen molar-refractivity contribution >= 4 is 11.8 Å². The van der Waals surface area contributed by atoms with Gasteiger partial charge >= 0.3 is 0 Å². The average Bonchev–Trinajstić information content (AvgIpc) is 2.76. The summed E-state index contributed by atoms with van der Waals surface area (Å²) in [6.07, 6.45) is 1.01. The number of thioether (sulfide) groups is 1. The van der Waals surface area contributed by atoms with Gasteiger partial charge in [-0.3, -0.25) is 0 Å². The third kappa shape index (κ3) is 1.12. The van der Waals surface area contributed by atoms with Crippen LogP contribution in [0, 0.1) is 0 Å². The zero-order chi connectivity index (χ0) is 8.89. The number of hydrogen-bond donors (Lipinski definition) is 1. The lowest BCUT2D eigenvalue weighted by Gasteiger charge is -2.12. The second kappa shape index (κ2) is 2.51. The molecule has 1 unspecified atom stereocenters. The molecule has 2 aliphatic heterocycles. The van der Waals surface area contributed by atoms with E-state index in [0.29, 0.717) is 0 Å². The maximum absolute atomic E-state index is 5.43. The van der Waals surface area contributed by atoms with Gasteiger partial charge in [0.1, 0.15) is 0 Å². The largest absolute Gasteiger partial charge is 0.359 e. The van der Waals surface area contributed by atoms with Gasteiger partial charge in [0, 0.05) is 30.8 Å². The van der Waals surface area contributed by atoms with Crippen LogP contribution in [0.4, 0.5) is 0 Å². The van der Waals surface area contributed by atoms with Gasteiger partial charge in [-0.2, -0.15) is 0 Å². The van der Waals surface area contributed by atoms with E-state index < -0.39 is 0 Å². The highest BCUT2D eigenvalue weighted by Crippen LogP contribution is 2.54. The van der Waals surface area contributed by atoms with Crippen LogP contribution in [0.1, 0.15) is 23.9 Å². The first-order valence-electron chi connectivity index (χ1n) is 4.62. The Morgan fingerprint density at radius 2 is 2.46 bits per heavy atom. The molecule has 1 saturated heterocycles. The summed E-state index contributed by atoms with van der Waals surface area (Å²) in [6, 6.07) is 0. The quantitative estimate of drug-likeness (QED) is 0.687. The fourth-order valence-electron chi connectivity index (χ4n) is 1.80. The monoisotopic (exact) mass is 196 g/mol. The highest BCUT2D eigenvalue weighted by atomic mass is 32.2. The van der Waals surface area contributed by atoms with Crippen LogP contribution in [-0.2, 0) is 17.7 Å². The Balaban J connectivity index is 2.06. The van der Waals surface area contributed by atoms with E-state index in [1.807, 2.05) is 11.8 Å². The predicted octanol–water partition coefficient (Wildman–Crippen LogP) is 1.28. The molecular weight excluding hydrogens is 184 g/mol. The second-order valence-electron chi connectivity index (χ2n) is 3.88. The fraction of sp³-hybridized carbons (Fsp3) is 0.667. The molecule has 1 fully saturated rings. The van der Waals surface area contributed by atoms with E-state index in [1.165, 1.54) is 17.0 Å². The van der Waals surface area contributed by atoms with Crippen molar-refractivity contribution < 1.29 is 4.52 Å². The number of nitrogens with zero attached hydrogens (tertiary/aromatic N) is 1. The molecular formula is C9H12N2OS. The Bertz CT molecular complexity index is 343. The van der Waals surface area contributed by atoms with E-state index in [-0.39, 0.29) is 4.75 Å². The van der Waals surface area contributed by atoms with Crippen LogP contribution in [0.2, 0.25) is 0 Å². The normalized spacial score (nSPS) is 31.5. The van der Waals surface area contributed by atoms with Crippen molar-refractivity contribution in [3.63, 3.8) is 0 Å². The lowest BCUT2D eigenvalue weighted by atomic mass is 10.0. The molecule has 0 amide bonds. The molecule has 70 valence electrons. The third-order valence-corrected chi connectivity index (χ3v) is 4.11. The molecule has 1 N–H and O–H groups in total. The first-order valence-corrected chi connectivity index (χ1v) is 5.61. The van der Waals surface area contributed by atoms with Crippen molar-refractivity contribution in [1.29, 1.82) is 0 Å². The van der Waals surface area contributed by atoms with E-state index in [4.69, 9.17) is 4.52 Å². The minimum Gasteiger partial charge on any atom is -0.359 e. The van der Waals surface area contributed by atoms with E-state index in [1.54, 1.807) is 0 Å². The Labute approximate surface area is 81.2 Å². The van der Waals surface area contributed by atoms with Crippen LogP contribution in [0.25, 0.3) is 0 Å². The van der Waals surface area contributed by atoms with E-state index in [0.717, 1.165) is 25.3 Å². The maximum Gasteiger partial charge on any atom is 0.158 e. The lowest BCUT2D eigenvalue weighted by Crippen LogP contribution is -2.24. The molecule has 1 atom stereocenters. The maximum atomic E-state index is 5.43. The summed E-state index contributed by atoms with van der Waals surface area (Å²) in [6.45, 7) is 4.19. The minimum atomic E-state index is 0.236. The van der Waals surface area contributed by atoms with Gasteiger partial charge in [-0.05, 0) is 6.92 Å².